The number of aromatic nitrogens is 4. The Morgan fingerprint density at radius 3 is 2.95 bits per heavy atom. The molecule has 2 N–H and O–H groups in total. The smallest absolute Gasteiger partial charge is 0.263 e. The molecule has 6 nitrogen and oxygen atoms in total. The highest BCUT2D eigenvalue weighted by atomic mass is 32.2. The zero-order chi connectivity index (χ0) is 13.2. The van der Waals surface area contributed by atoms with Crippen LogP contribution >= 0.6 is 24.0 Å². The molecule has 1 fully saturated rings. The number of hydrogen-bond acceptors (Lipinski definition) is 6. The van der Waals surface area contributed by atoms with Crippen molar-refractivity contribution in [3.63, 3.8) is 0 Å². The molecule has 3 rings (SSSR count). The summed E-state index contributed by atoms with van der Waals surface area (Å²) >= 11 is 6.19. The van der Waals surface area contributed by atoms with Gasteiger partial charge in [-0.3, -0.25) is 4.79 Å². The zero-order valence-corrected chi connectivity index (χ0v) is 11.1. The van der Waals surface area contributed by atoms with Crippen LogP contribution in [0.1, 0.15) is 5.56 Å². The topological polar surface area (TPSA) is 83.6 Å². The van der Waals surface area contributed by atoms with Crippen molar-refractivity contribution >= 4 is 40.3 Å². The molecule has 8 heteroatoms. The van der Waals surface area contributed by atoms with Crippen LogP contribution in [0.25, 0.3) is 17.5 Å². The third kappa shape index (κ3) is 2.54. The van der Waals surface area contributed by atoms with E-state index in [0.29, 0.717) is 15.1 Å². The molecule has 2 aromatic rings. The molecular formula is C11H7N5OS2. The maximum Gasteiger partial charge on any atom is 0.263 e. The third-order valence-corrected chi connectivity index (χ3v) is 3.59. The molecule has 1 aliphatic rings. The molecule has 0 unspecified atom stereocenters. The van der Waals surface area contributed by atoms with Gasteiger partial charge in [-0.1, -0.05) is 42.2 Å². The molecule has 0 saturated carbocycles. The molecule has 1 amide bonds. The number of benzene rings is 1. The standard InChI is InChI=1S/C11H7N5OS2/c17-10-8(19-11(18)12-10)5-6-2-1-3-7(4-6)9-13-15-16-14-9/h1-5H,(H,12,17,18)(H,13,14,15,16)/b8-5-. The summed E-state index contributed by atoms with van der Waals surface area (Å²) in [5.41, 5.74) is 1.71. The van der Waals surface area contributed by atoms with Crippen molar-refractivity contribution in [1.82, 2.24) is 25.9 Å². The van der Waals surface area contributed by atoms with Gasteiger partial charge in [0.05, 0.1) is 4.91 Å². The first-order chi connectivity index (χ1) is 9.22. The van der Waals surface area contributed by atoms with Crippen LogP contribution in [0, 0.1) is 0 Å². The largest absolute Gasteiger partial charge is 0.307 e. The Morgan fingerprint density at radius 1 is 1.37 bits per heavy atom. The summed E-state index contributed by atoms with van der Waals surface area (Å²) in [7, 11) is 0. The first-order valence-corrected chi connectivity index (χ1v) is 6.53. The van der Waals surface area contributed by atoms with Gasteiger partial charge < -0.3 is 5.32 Å². The molecule has 1 saturated heterocycles. The van der Waals surface area contributed by atoms with Crippen molar-refractivity contribution in [2.24, 2.45) is 0 Å². The van der Waals surface area contributed by atoms with Crippen LogP contribution in [-0.4, -0.2) is 30.9 Å². The highest BCUT2D eigenvalue weighted by Crippen LogP contribution is 2.26. The summed E-state index contributed by atoms with van der Waals surface area (Å²) in [4.78, 5) is 12.2. The highest BCUT2D eigenvalue weighted by Gasteiger charge is 2.21. The summed E-state index contributed by atoms with van der Waals surface area (Å²) in [5.74, 6) is 0.347. The predicted octanol–water partition coefficient (Wildman–Crippen LogP) is 1.36. The summed E-state index contributed by atoms with van der Waals surface area (Å²) in [6.45, 7) is 0. The van der Waals surface area contributed by atoms with Crippen LogP contribution in [0.4, 0.5) is 0 Å². The number of nitrogens with one attached hydrogen (secondary N) is 2. The van der Waals surface area contributed by atoms with E-state index < -0.39 is 0 Å². The van der Waals surface area contributed by atoms with Crippen LogP contribution < -0.4 is 5.32 Å². The molecule has 0 atom stereocenters. The first kappa shape index (κ1) is 12.0. The molecule has 0 aliphatic carbocycles. The Bertz CT molecular complexity index is 680. The minimum atomic E-state index is -0.167. The molecule has 94 valence electrons. The maximum absolute atomic E-state index is 11.6. The summed E-state index contributed by atoms with van der Waals surface area (Å²) < 4.78 is 0.477. The highest BCUT2D eigenvalue weighted by molar-refractivity contribution is 8.26. The van der Waals surface area contributed by atoms with E-state index in [1.165, 1.54) is 11.8 Å². The number of tetrazole rings is 1. The minimum absolute atomic E-state index is 0.167. The van der Waals surface area contributed by atoms with Gasteiger partial charge in [0.15, 0.2) is 0 Å². The number of thioether (sulfide) groups is 1. The number of aromatic amines is 1. The van der Waals surface area contributed by atoms with Crippen molar-refractivity contribution in [1.29, 1.82) is 0 Å². The van der Waals surface area contributed by atoms with Crippen LogP contribution in [0.2, 0.25) is 0 Å². The number of amides is 1. The number of H-pyrrole nitrogens is 1. The second-order valence-electron chi connectivity index (χ2n) is 3.71. The molecular weight excluding hydrogens is 282 g/mol. The van der Waals surface area contributed by atoms with Crippen molar-refractivity contribution in [2.45, 2.75) is 0 Å². The van der Waals surface area contributed by atoms with Gasteiger partial charge in [0.1, 0.15) is 4.32 Å². The lowest BCUT2D eigenvalue weighted by molar-refractivity contribution is -0.115. The fourth-order valence-electron chi connectivity index (χ4n) is 1.62. The molecule has 0 bridgehead atoms. The van der Waals surface area contributed by atoms with E-state index in [-0.39, 0.29) is 5.91 Å². The van der Waals surface area contributed by atoms with Crippen molar-refractivity contribution < 1.29 is 4.79 Å². The second-order valence-corrected chi connectivity index (χ2v) is 5.43. The van der Waals surface area contributed by atoms with Gasteiger partial charge in [-0.2, -0.15) is 5.21 Å². The quantitative estimate of drug-likeness (QED) is 0.641. The van der Waals surface area contributed by atoms with Crippen molar-refractivity contribution in [3.05, 3.63) is 34.7 Å². The number of carbonyl (C=O) groups is 1. The van der Waals surface area contributed by atoms with Gasteiger partial charge >= 0.3 is 0 Å². The summed E-state index contributed by atoms with van der Waals surface area (Å²) in [6.07, 6.45) is 1.78. The number of carbonyl (C=O) groups excluding carboxylic acids is 1. The van der Waals surface area contributed by atoms with E-state index in [2.05, 4.69) is 25.9 Å². The Labute approximate surface area is 117 Å². The molecule has 0 spiro atoms. The van der Waals surface area contributed by atoms with Crippen LogP contribution in [0.3, 0.4) is 0 Å². The number of rotatable bonds is 2. The van der Waals surface area contributed by atoms with Gasteiger partial charge in [-0.15, -0.1) is 10.2 Å². The Hall–Kier alpha value is -2.06. The van der Waals surface area contributed by atoms with Crippen molar-refractivity contribution in [2.75, 3.05) is 0 Å². The molecule has 1 aliphatic heterocycles. The number of nitrogens with zero attached hydrogens (tertiary/aromatic N) is 3. The lowest BCUT2D eigenvalue weighted by Crippen LogP contribution is -2.17. The van der Waals surface area contributed by atoms with Gasteiger partial charge in [-0.25, -0.2) is 0 Å². The average Bonchev–Trinajstić information content (AvgIpc) is 3.01. The zero-order valence-electron chi connectivity index (χ0n) is 9.45. The lowest BCUT2D eigenvalue weighted by atomic mass is 10.1. The number of thiocarbonyl (C=S) groups is 1. The van der Waals surface area contributed by atoms with Gasteiger partial charge in [0, 0.05) is 5.56 Å². The average molecular weight is 289 g/mol. The first-order valence-electron chi connectivity index (χ1n) is 5.31. The minimum Gasteiger partial charge on any atom is -0.307 e. The summed E-state index contributed by atoms with van der Waals surface area (Å²) in [6, 6.07) is 7.52. The summed E-state index contributed by atoms with van der Waals surface area (Å²) in [5, 5.41) is 16.3. The lowest BCUT2D eigenvalue weighted by Gasteiger charge is -1.98. The Morgan fingerprint density at radius 2 is 2.26 bits per heavy atom. The molecule has 1 aromatic heterocycles. The fraction of sp³-hybridized carbons (Fsp3) is 0. The fourth-order valence-corrected chi connectivity index (χ4v) is 2.67. The van der Waals surface area contributed by atoms with Crippen LogP contribution in [0.15, 0.2) is 29.2 Å². The van der Waals surface area contributed by atoms with E-state index in [1.807, 2.05) is 24.3 Å². The van der Waals surface area contributed by atoms with E-state index in [9.17, 15) is 4.79 Å². The Kier molecular flexibility index (Phi) is 3.10. The van der Waals surface area contributed by atoms with E-state index in [4.69, 9.17) is 12.2 Å². The van der Waals surface area contributed by atoms with E-state index >= 15 is 0 Å². The predicted molar refractivity (Wildman–Crippen MR) is 75.9 cm³/mol. The normalized spacial score (nSPS) is 16.9. The molecule has 19 heavy (non-hydrogen) atoms. The number of hydrogen-bond donors (Lipinski definition) is 2. The van der Waals surface area contributed by atoms with Crippen LogP contribution in [-0.2, 0) is 4.79 Å². The molecule has 0 radical (unpaired) electrons. The second kappa shape index (κ2) is 4.90. The van der Waals surface area contributed by atoms with E-state index in [1.54, 1.807) is 6.08 Å². The van der Waals surface area contributed by atoms with Gasteiger partial charge in [-0.05, 0) is 22.9 Å². The third-order valence-electron chi connectivity index (χ3n) is 2.43. The SMILES string of the molecule is O=C1NC(=S)S/C1=C\c1cccc(-c2nn[nH]n2)c1. The molecule has 1 aromatic carbocycles. The Balaban J connectivity index is 1.94. The molecule has 2 heterocycles. The van der Waals surface area contributed by atoms with Crippen LogP contribution in [0.5, 0.6) is 0 Å². The monoisotopic (exact) mass is 289 g/mol. The van der Waals surface area contributed by atoms with Gasteiger partial charge in [0.25, 0.3) is 5.91 Å². The van der Waals surface area contributed by atoms with Crippen molar-refractivity contribution in [3.8, 4) is 11.4 Å². The maximum atomic E-state index is 11.6. The van der Waals surface area contributed by atoms with E-state index in [0.717, 1.165) is 11.1 Å². The van der Waals surface area contributed by atoms with Gasteiger partial charge in [0.2, 0.25) is 5.82 Å².